The highest BCUT2D eigenvalue weighted by molar-refractivity contribution is 6.38. The smallest absolute Gasteiger partial charge is 0.289 e. The van der Waals surface area contributed by atoms with Crippen molar-refractivity contribution < 1.29 is 19.2 Å². The summed E-state index contributed by atoms with van der Waals surface area (Å²) in [6.07, 6.45) is 3.98. The number of nitrogens with one attached hydrogen (secondary N) is 2. The number of hydrogen-bond donors (Lipinski definition) is 2. The molecule has 4 rings (SSSR count). The Morgan fingerprint density at radius 1 is 0.889 bits per heavy atom. The Bertz CT molecular complexity index is 1200. The molecule has 0 aliphatic carbocycles. The fourth-order valence-corrected chi connectivity index (χ4v) is 4.24. The number of hydrogen-bond acceptors (Lipinski definition) is 5. The molecule has 2 N–H and O–H groups in total. The Balaban J connectivity index is 1.47. The van der Waals surface area contributed by atoms with Crippen LogP contribution in [-0.4, -0.2) is 45.5 Å². The summed E-state index contributed by atoms with van der Waals surface area (Å²) in [5.41, 5.74) is 2.52. The molecule has 3 amide bonds. The largest absolute Gasteiger partial charge is 0.345 e. The number of carbonyl (C=O) groups excluding carboxylic acids is 4. The summed E-state index contributed by atoms with van der Waals surface area (Å²) in [4.78, 5) is 57.2. The van der Waals surface area contributed by atoms with Crippen molar-refractivity contribution in [2.75, 3.05) is 0 Å². The molecule has 0 radical (unpaired) electrons. The summed E-state index contributed by atoms with van der Waals surface area (Å²) in [5, 5.41) is 5.39. The van der Waals surface area contributed by atoms with E-state index in [1.165, 1.54) is 4.90 Å². The zero-order valence-electron chi connectivity index (χ0n) is 19.8. The van der Waals surface area contributed by atoms with E-state index in [4.69, 9.17) is 0 Å². The Labute approximate surface area is 209 Å². The van der Waals surface area contributed by atoms with E-state index in [1.807, 2.05) is 60.7 Å². The maximum atomic E-state index is 13.3. The van der Waals surface area contributed by atoms with Crippen LogP contribution < -0.4 is 10.6 Å². The molecule has 1 fully saturated rings. The number of benzene rings is 2. The molecule has 8 nitrogen and oxygen atoms in total. The van der Waals surface area contributed by atoms with Gasteiger partial charge in [-0.05, 0) is 35.2 Å². The lowest BCUT2D eigenvalue weighted by Gasteiger charge is -2.26. The average molecular weight is 485 g/mol. The van der Waals surface area contributed by atoms with Crippen LogP contribution in [0.2, 0.25) is 0 Å². The number of pyridine rings is 1. The summed E-state index contributed by atoms with van der Waals surface area (Å²) < 4.78 is 0. The van der Waals surface area contributed by atoms with Gasteiger partial charge in [-0.1, -0.05) is 60.7 Å². The Hall–Kier alpha value is -4.33. The lowest BCUT2D eigenvalue weighted by atomic mass is 10.0. The third kappa shape index (κ3) is 6.41. The van der Waals surface area contributed by atoms with Crippen molar-refractivity contribution in [3.63, 3.8) is 0 Å². The molecular formula is C28H28N4O4. The molecule has 2 unspecified atom stereocenters. The van der Waals surface area contributed by atoms with E-state index in [-0.39, 0.29) is 25.3 Å². The molecule has 0 saturated carbocycles. The molecule has 3 aromatic rings. The van der Waals surface area contributed by atoms with Crippen molar-refractivity contribution >= 4 is 23.5 Å². The zero-order valence-corrected chi connectivity index (χ0v) is 19.8. The number of Topliss-reactive ketones (excluding diaryl/α,β-unsaturated/α-hetero) is 1. The summed E-state index contributed by atoms with van der Waals surface area (Å²) in [6.45, 7) is 0.475. The molecule has 2 atom stereocenters. The molecule has 2 heterocycles. The first-order chi connectivity index (χ1) is 17.5. The monoisotopic (exact) mass is 484 g/mol. The highest BCUT2D eigenvalue weighted by Crippen LogP contribution is 2.22. The van der Waals surface area contributed by atoms with Gasteiger partial charge < -0.3 is 15.5 Å². The van der Waals surface area contributed by atoms with Gasteiger partial charge in [0.05, 0.1) is 0 Å². The van der Waals surface area contributed by atoms with Crippen LogP contribution in [0.25, 0.3) is 0 Å². The Kier molecular flexibility index (Phi) is 8.18. The lowest BCUT2D eigenvalue weighted by Crippen LogP contribution is -2.53. The number of likely N-dealkylation sites (tertiary alicyclic amines) is 1. The molecule has 1 aromatic heterocycles. The van der Waals surface area contributed by atoms with Gasteiger partial charge in [-0.25, -0.2) is 0 Å². The van der Waals surface area contributed by atoms with Crippen LogP contribution in [-0.2, 0) is 38.7 Å². The van der Waals surface area contributed by atoms with Crippen LogP contribution in [0.15, 0.2) is 85.2 Å². The molecule has 36 heavy (non-hydrogen) atoms. The number of amides is 3. The first kappa shape index (κ1) is 24.8. The van der Waals surface area contributed by atoms with Gasteiger partial charge in [-0.15, -0.1) is 0 Å². The van der Waals surface area contributed by atoms with Gasteiger partial charge in [-0.2, -0.15) is 0 Å². The second-order valence-corrected chi connectivity index (χ2v) is 8.71. The van der Waals surface area contributed by atoms with Gasteiger partial charge >= 0.3 is 0 Å². The third-order valence-corrected chi connectivity index (χ3v) is 6.17. The van der Waals surface area contributed by atoms with E-state index in [0.29, 0.717) is 13.0 Å². The second kappa shape index (κ2) is 11.9. The molecule has 0 bridgehead atoms. The van der Waals surface area contributed by atoms with Crippen LogP contribution >= 0.6 is 0 Å². The van der Waals surface area contributed by atoms with Crippen molar-refractivity contribution in [3.05, 3.63) is 102 Å². The van der Waals surface area contributed by atoms with Gasteiger partial charge in [0, 0.05) is 38.3 Å². The van der Waals surface area contributed by atoms with Crippen LogP contribution in [0.4, 0.5) is 0 Å². The third-order valence-electron chi connectivity index (χ3n) is 6.17. The molecule has 1 aliphatic heterocycles. The van der Waals surface area contributed by atoms with Crippen molar-refractivity contribution in [3.8, 4) is 0 Å². The summed E-state index contributed by atoms with van der Waals surface area (Å²) in [6, 6.07) is 20.3. The molecular weight excluding hydrogens is 456 g/mol. The lowest BCUT2D eigenvalue weighted by molar-refractivity contribution is -0.141. The number of ketones is 1. The van der Waals surface area contributed by atoms with Gasteiger partial charge in [0.25, 0.3) is 5.91 Å². The van der Waals surface area contributed by atoms with Crippen LogP contribution in [0, 0.1) is 0 Å². The van der Waals surface area contributed by atoms with Gasteiger partial charge in [0.2, 0.25) is 17.6 Å². The zero-order chi connectivity index (χ0) is 25.3. The maximum Gasteiger partial charge on any atom is 0.289 e. The normalized spacial score (nSPS) is 15.8. The van der Waals surface area contributed by atoms with Crippen LogP contribution in [0.3, 0.4) is 0 Å². The minimum absolute atomic E-state index is 0.111. The Morgan fingerprint density at radius 2 is 1.53 bits per heavy atom. The molecule has 2 aromatic carbocycles. The number of rotatable bonds is 10. The standard InChI is InChI=1S/C28H28N4O4/c33-25-12-11-24(32(25)19-22-9-5-2-6-10-22)27(35)31-23(17-20-7-3-1-4-8-20)26(34)28(36)30-18-21-13-15-29-16-14-21/h1-10,13-16,23-24H,11-12,17-19H2,(H,30,36)(H,31,35). The summed E-state index contributed by atoms with van der Waals surface area (Å²) in [7, 11) is 0. The maximum absolute atomic E-state index is 13.3. The van der Waals surface area contributed by atoms with E-state index in [0.717, 1.165) is 16.7 Å². The predicted octanol–water partition coefficient (Wildman–Crippen LogP) is 2.19. The topological polar surface area (TPSA) is 108 Å². The fraction of sp³-hybridized carbons (Fsp3) is 0.250. The van der Waals surface area contributed by atoms with E-state index in [2.05, 4.69) is 15.6 Å². The van der Waals surface area contributed by atoms with E-state index >= 15 is 0 Å². The first-order valence-electron chi connectivity index (χ1n) is 11.9. The summed E-state index contributed by atoms with van der Waals surface area (Å²) >= 11 is 0. The number of carbonyl (C=O) groups is 4. The highest BCUT2D eigenvalue weighted by Gasteiger charge is 2.38. The van der Waals surface area contributed by atoms with E-state index in [1.54, 1.807) is 24.5 Å². The van der Waals surface area contributed by atoms with E-state index < -0.39 is 29.7 Å². The van der Waals surface area contributed by atoms with Crippen molar-refractivity contribution in [2.24, 2.45) is 0 Å². The van der Waals surface area contributed by atoms with Crippen molar-refractivity contribution in [2.45, 2.75) is 44.4 Å². The molecule has 8 heteroatoms. The average Bonchev–Trinajstić information content (AvgIpc) is 3.28. The summed E-state index contributed by atoms with van der Waals surface area (Å²) in [5.74, 6) is -2.06. The van der Waals surface area contributed by atoms with Crippen molar-refractivity contribution in [1.82, 2.24) is 20.5 Å². The number of aromatic nitrogens is 1. The van der Waals surface area contributed by atoms with Crippen LogP contribution in [0.5, 0.6) is 0 Å². The molecule has 1 saturated heterocycles. The Morgan fingerprint density at radius 3 is 2.19 bits per heavy atom. The quantitative estimate of drug-likeness (QED) is 0.429. The molecule has 0 spiro atoms. The minimum Gasteiger partial charge on any atom is -0.345 e. The fourth-order valence-electron chi connectivity index (χ4n) is 4.24. The molecule has 184 valence electrons. The minimum atomic E-state index is -1.06. The van der Waals surface area contributed by atoms with Crippen molar-refractivity contribution in [1.29, 1.82) is 0 Å². The SMILES string of the molecule is O=C(NCc1ccncc1)C(=O)C(Cc1ccccc1)NC(=O)C1CCC(=O)N1Cc1ccccc1. The van der Waals surface area contributed by atoms with Crippen LogP contribution in [0.1, 0.15) is 29.5 Å². The first-order valence-corrected chi connectivity index (χ1v) is 11.9. The second-order valence-electron chi connectivity index (χ2n) is 8.71. The predicted molar refractivity (Wildman–Crippen MR) is 133 cm³/mol. The number of nitrogens with zero attached hydrogens (tertiary/aromatic N) is 2. The molecule has 1 aliphatic rings. The van der Waals surface area contributed by atoms with Gasteiger partial charge in [0.15, 0.2) is 0 Å². The highest BCUT2D eigenvalue weighted by atomic mass is 16.2. The van der Waals surface area contributed by atoms with Gasteiger partial charge in [-0.3, -0.25) is 24.2 Å². The van der Waals surface area contributed by atoms with Gasteiger partial charge in [0.1, 0.15) is 12.1 Å². The van der Waals surface area contributed by atoms with E-state index in [9.17, 15) is 19.2 Å².